The SMILES string of the molecule is CCC[C@@H]1C[C@H](C)CCO1. The average molecular weight is 142 g/mol. The Bertz CT molecular complexity index is 88.7. The van der Waals surface area contributed by atoms with Crippen LogP contribution in [0.25, 0.3) is 0 Å². The second-order valence-corrected chi connectivity index (χ2v) is 3.41. The number of ether oxygens (including phenoxy) is 1. The molecule has 0 amide bonds. The minimum atomic E-state index is 0.578. The maximum atomic E-state index is 5.59. The van der Waals surface area contributed by atoms with Crippen LogP contribution < -0.4 is 0 Å². The van der Waals surface area contributed by atoms with Crippen LogP contribution in [0.2, 0.25) is 0 Å². The molecule has 60 valence electrons. The summed E-state index contributed by atoms with van der Waals surface area (Å²) in [6.45, 7) is 5.54. The van der Waals surface area contributed by atoms with Gasteiger partial charge in [0.2, 0.25) is 0 Å². The topological polar surface area (TPSA) is 9.23 Å². The van der Waals surface area contributed by atoms with Crippen LogP contribution in [0.4, 0.5) is 0 Å². The van der Waals surface area contributed by atoms with Crippen molar-refractivity contribution in [1.82, 2.24) is 0 Å². The molecule has 1 aliphatic heterocycles. The second kappa shape index (κ2) is 3.97. The van der Waals surface area contributed by atoms with Gasteiger partial charge in [-0.05, 0) is 25.2 Å². The van der Waals surface area contributed by atoms with Gasteiger partial charge in [0.05, 0.1) is 6.10 Å². The van der Waals surface area contributed by atoms with Gasteiger partial charge in [-0.15, -0.1) is 0 Å². The predicted octanol–water partition coefficient (Wildman–Crippen LogP) is 2.60. The van der Waals surface area contributed by atoms with Crippen molar-refractivity contribution in [2.45, 2.75) is 45.6 Å². The summed E-state index contributed by atoms with van der Waals surface area (Å²) in [6.07, 6.45) is 5.64. The Morgan fingerprint density at radius 2 is 2.30 bits per heavy atom. The van der Waals surface area contributed by atoms with E-state index in [1.807, 2.05) is 0 Å². The average Bonchev–Trinajstić information content (AvgIpc) is 1.88. The normalized spacial score (nSPS) is 34.2. The van der Waals surface area contributed by atoms with Gasteiger partial charge < -0.3 is 4.74 Å². The number of hydrogen-bond acceptors (Lipinski definition) is 1. The van der Waals surface area contributed by atoms with Crippen LogP contribution in [0.3, 0.4) is 0 Å². The molecule has 1 heterocycles. The van der Waals surface area contributed by atoms with Gasteiger partial charge in [0.25, 0.3) is 0 Å². The lowest BCUT2D eigenvalue weighted by molar-refractivity contribution is -0.00950. The monoisotopic (exact) mass is 142 g/mol. The zero-order chi connectivity index (χ0) is 7.40. The van der Waals surface area contributed by atoms with Crippen molar-refractivity contribution in [2.24, 2.45) is 5.92 Å². The van der Waals surface area contributed by atoms with Gasteiger partial charge in [-0.25, -0.2) is 0 Å². The van der Waals surface area contributed by atoms with Crippen molar-refractivity contribution in [3.8, 4) is 0 Å². The smallest absolute Gasteiger partial charge is 0.0577 e. The molecule has 0 radical (unpaired) electrons. The van der Waals surface area contributed by atoms with Gasteiger partial charge in [0.1, 0.15) is 0 Å². The van der Waals surface area contributed by atoms with E-state index in [9.17, 15) is 0 Å². The third kappa shape index (κ3) is 2.30. The maximum absolute atomic E-state index is 5.59. The van der Waals surface area contributed by atoms with E-state index in [1.54, 1.807) is 0 Å². The Kier molecular flexibility index (Phi) is 3.20. The third-order valence-corrected chi connectivity index (χ3v) is 2.24. The zero-order valence-electron chi connectivity index (χ0n) is 7.10. The van der Waals surface area contributed by atoms with Gasteiger partial charge in [-0.1, -0.05) is 20.3 Å². The molecule has 10 heavy (non-hydrogen) atoms. The van der Waals surface area contributed by atoms with Crippen LogP contribution in [0, 0.1) is 5.92 Å². The first kappa shape index (κ1) is 8.06. The Morgan fingerprint density at radius 3 is 2.90 bits per heavy atom. The van der Waals surface area contributed by atoms with Crippen molar-refractivity contribution in [2.75, 3.05) is 6.61 Å². The molecule has 0 saturated carbocycles. The third-order valence-electron chi connectivity index (χ3n) is 2.24. The van der Waals surface area contributed by atoms with E-state index in [4.69, 9.17) is 4.74 Å². The Morgan fingerprint density at radius 1 is 1.50 bits per heavy atom. The van der Waals surface area contributed by atoms with Gasteiger partial charge in [-0.2, -0.15) is 0 Å². The lowest BCUT2D eigenvalue weighted by Gasteiger charge is -2.26. The van der Waals surface area contributed by atoms with E-state index in [-0.39, 0.29) is 0 Å². The lowest BCUT2D eigenvalue weighted by Crippen LogP contribution is -2.23. The number of rotatable bonds is 2. The minimum Gasteiger partial charge on any atom is -0.378 e. The fourth-order valence-electron chi connectivity index (χ4n) is 1.59. The maximum Gasteiger partial charge on any atom is 0.0577 e. The highest BCUT2D eigenvalue weighted by Gasteiger charge is 2.17. The summed E-state index contributed by atoms with van der Waals surface area (Å²) >= 11 is 0. The van der Waals surface area contributed by atoms with Crippen LogP contribution in [0.1, 0.15) is 39.5 Å². The van der Waals surface area contributed by atoms with Gasteiger partial charge in [-0.3, -0.25) is 0 Å². The van der Waals surface area contributed by atoms with E-state index >= 15 is 0 Å². The molecule has 0 aliphatic carbocycles. The van der Waals surface area contributed by atoms with E-state index in [1.165, 1.54) is 25.7 Å². The molecule has 1 rings (SSSR count). The van der Waals surface area contributed by atoms with E-state index in [0.717, 1.165) is 12.5 Å². The molecule has 0 aromatic heterocycles. The van der Waals surface area contributed by atoms with Crippen molar-refractivity contribution in [1.29, 1.82) is 0 Å². The Balaban J connectivity index is 2.18. The van der Waals surface area contributed by atoms with E-state index < -0.39 is 0 Å². The zero-order valence-corrected chi connectivity index (χ0v) is 7.10. The van der Waals surface area contributed by atoms with Crippen molar-refractivity contribution >= 4 is 0 Å². The molecule has 0 N–H and O–H groups in total. The lowest BCUT2D eigenvalue weighted by atomic mass is 9.95. The van der Waals surface area contributed by atoms with Crippen molar-refractivity contribution in [3.63, 3.8) is 0 Å². The highest BCUT2D eigenvalue weighted by molar-refractivity contribution is 4.67. The van der Waals surface area contributed by atoms with Crippen LogP contribution in [-0.4, -0.2) is 12.7 Å². The van der Waals surface area contributed by atoms with Crippen LogP contribution in [0.15, 0.2) is 0 Å². The summed E-state index contributed by atoms with van der Waals surface area (Å²) in [5.41, 5.74) is 0. The fraction of sp³-hybridized carbons (Fsp3) is 1.00. The van der Waals surface area contributed by atoms with E-state index in [0.29, 0.717) is 6.10 Å². The molecule has 1 fully saturated rings. The standard InChI is InChI=1S/C9H18O/c1-3-4-9-7-8(2)5-6-10-9/h8-9H,3-7H2,1-2H3/t8-,9-/m1/s1. The molecule has 1 saturated heterocycles. The van der Waals surface area contributed by atoms with Gasteiger partial charge in [0.15, 0.2) is 0 Å². The number of hydrogen-bond donors (Lipinski definition) is 0. The highest BCUT2D eigenvalue weighted by Crippen LogP contribution is 2.21. The van der Waals surface area contributed by atoms with Crippen LogP contribution >= 0.6 is 0 Å². The molecular weight excluding hydrogens is 124 g/mol. The molecule has 2 atom stereocenters. The van der Waals surface area contributed by atoms with Crippen LogP contribution in [0.5, 0.6) is 0 Å². The summed E-state index contributed by atoms with van der Waals surface area (Å²) in [7, 11) is 0. The summed E-state index contributed by atoms with van der Waals surface area (Å²) in [4.78, 5) is 0. The molecule has 1 nitrogen and oxygen atoms in total. The Hall–Kier alpha value is -0.0400. The Labute approximate surface area is 63.8 Å². The summed E-state index contributed by atoms with van der Waals surface area (Å²) < 4.78 is 5.59. The molecule has 0 unspecified atom stereocenters. The highest BCUT2D eigenvalue weighted by atomic mass is 16.5. The molecule has 0 aromatic rings. The summed E-state index contributed by atoms with van der Waals surface area (Å²) in [5, 5.41) is 0. The minimum absolute atomic E-state index is 0.578. The van der Waals surface area contributed by atoms with Crippen molar-refractivity contribution < 1.29 is 4.74 Å². The summed E-state index contributed by atoms with van der Waals surface area (Å²) in [6, 6.07) is 0. The molecule has 0 spiro atoms. The molecule has 0 aromatic carbocycles. The summed E-state index contributed by atoms with van der Waals surface area (Å²) in [5.74, 6) is 0.894. The first-order valence-corrected chi connectivity index (χ1v) is 4.44. The molecule has 0 bridgehead atoms. The van der Waals surface area contributed by atoms with Crippen LogP contribution in [-0.2, 0) is 4.74 Å². The van der Waals surface area contributed by atoms with Gasteiger partial charge in [0, 0.05) is 6.61 Å². The van der Waals surface area contributed by atoms with Gasteiger partial charge >= 0.3 is 0 Å². The van der Waals surface area contributed by atoms with Crippen molar-refractivity contribution in [3.05, 3.63) is 0 Å². The van der Waals surface area contributed by atoms with E-state index in [2.05, 4.69) is 13.8 Å². The molecule has 1 heteroatoms. The second-order valence-electron chi connectivity index (χ2n) is 3.41. The predicted molar refractivity (Wildman–Crippen MR) is 43.0 cm³/mol. The molecule has 1 aliphatic rings. The first-order valence-electron chi connectivity index (χ1n) is 4.44. The molecular formula is C9H18O. The fourth-order valence-corrected chi connectivity index (χ4v) is 1.59. The quantitative estimate of drug-likeness (QED) is 0.576. The first-order chi connectivity index (χ1) is 4.83. The largest absolute Gasteiger partial charge is 0.378 e.